The van der Waals surface area contributed by atoms with Crippen LogP contribution in [0.1, 0.15) is 18.2 Å². The molecule has 0 radical (unpaired) electrons. The molecule has 160 valence electrons. The monoisotopic (exact) mass is 430 g/mol. The molecule has 1 fully saturated rings. The second-order valence-corrected chi connectivity index (χ2v) is 9.13. The predicted molar refractivity (Wildman–Crippen MR) is 115 cm³/mol. The molecule has 0 bridgehead atoms. The van der Waals surface area contributed by atoms with E-state index in [0.29, 0.717) is 36.8 Å². The summed E-state index contributed by atoms with van der Waals surface area (Å²) in [5, 5.41) is 3.95. The Morgan fingerprint density at radius 3 is 2.50 bits per heavy atom. The van der Waals surface area contributed by atoms with Crippen LogP contribution in [0.25, 0.3) is 6.08 Å². The molecule has 0 saturated carbocycles. The number of hydrazone groups is 1. The minimum Gasteiger partial charge on any atom is -0.465 e. The summed E-state index contributed by atoms with van der Waals surface area (Å²) < 4.78 is 32.2. The Labute approximate surface area is 176 Å². The Morgan fingerprint density at radius 1 is 1.17 bits per heavy atom. The zero-order valence-corrected chi connectivity index (χ0v) is 17.9. The van der Waals surface area contributed by atoms with Gasteiger partial charge in [0.2, 0.25) is 10.0 Å². The van der Waals surface area contributed by atoms with Gasteiger partial charge in [-0.15, -0.1) is 0 Å². The molecule has 1 aliphatic rings. The maximum absolute atomic E-state index is 12.7. The highest BCUT2D eigenvalue weighted by Crippen LogP contribution is 2.18. The second kappa shape index (κ2) is 9.84. The lowest BCUT2D eigenvalue weighted by Gasteiger charge is -2.33. The van der Waals surface area contributed by atoms with Crippen LogP contribution in [0.3, 0.4) is 0 Å². The van der Waals surface area contributed by atoms with E-state index in [-0.39, 0.29) is 12.5 Å². The fourth-order valence-corrected chi connectivity index (χ4v) is 4.49. The maximum atomic E-state index is 12.7. The molecule has 1 aromatic heterocycles. The largest absolute Gasteiger partial charge is 0.465 e. The quantitative estimate of drug-likeness (QED) is 0.536. The van der Waals surface area contributed by atoms with Crippen LogP contribution >= 0.6 is 0 Å². The summed E-state index contributed by atoms with van der Waals surface area (Å²) in [6.45, 7) is 5.60. The molecule has 1 aliphatic heterocycles. The van der Waals surface area contributed by atoms with Gasteiger partial charge in [-0.2, -0.15) is 9.41 Å². The number of hydrogen-bond acceptors (Lipinski definition) is 6. The number of furan rings is 1. The zero-order valence-electron chi connectivity index (χ0n) is 17.1. The van der Waals surface area contributed by atoms with Crippen LogP contribution in [0.4, 0.5) is 0 Å². The fourth-order valence-electron chi connectivity index (χ4n) is 3.07. The van der Waals surface area contributed by atoms with Crippen LogP contribution in [-0.2, 0) is 14.8 Å². The van der Waals surface area contributed by atoms with Crippen LogP contribution in [0.5, 0.6) is 0 Å². The fraction of sp³-hybridized carbons (Fsp3) is 0.333. The lowest BCUT2D eigenvalue weighted by Crippen LogP contribution is -2.50. The minimum absolute atomic E-state index is 0.163. The van der Waals surface area contributed by atoms with Gasteiger partial charge in [0, 0.05) is 26.2 Å². The molecule has 2 aromatic rings. The Hall–Kier alpha value is -2.75. The van der Waals surface area contributed by atoms with Crippen LogP contribution in [0.15, 0.2) is 62.6 Å². The third-order valence-electron chi connectivity index (χ3n) is 4.73. The van der Waals surface area contributed by atoms with Crippen LogP contribution in [0, 0.1) is 6.92 Å². The predicted octanol–water partition coefficient (Wildman–Crippen LogP) is 2.10. The van der Waals surface area contributed by atoms with Gasteiger partial charge in [-0.05, 0) is 49.8 Å². The molecule has 1 amide bonds. The molecule has 3 rings (SSSR count). The first-order chi connectivity index (χ1) is 14.3. The lowest BCUT2D eigenvalue weighted by atomic mass is 10.2. The Bertz CT molecular complexity index is 1000. The van der Waals surface area contributed by atoms with Crippen molar-refractivity contribution in [3.05, 3.63) is 59.6 Å². The molecule has 30 heavy (non-hydrogen) atoms. The summed E-state index contributed by atoms with van der Waals surface area (Å²) in [5.74, 6) is 0.468. The van der Waals surface area contributed by atoms with Gasteiger partial charge in [0.05, 0.1) is 23.9 Å². The molecular formula is C21H26N4O4S. The van der Waals surface area contributed by atoms with Gasteiger partial charge in [-0.1, -0.05) is 17.7 Å². The van der Waals surface area contributed by atoms with Gasteiger partial charge in [-0.3, -0.25) is 9.69 Å². The standard InChI is InChI=1S/C21H26N4O4S/c1-17-5-7-20(8-6-17)30(27,28)25-11-9-24(10-12-25)16-21(26)23-22-15-18(2)14-19-4-3-13-29-19/h3-8,13-15H,9-12,16H2,1-2H3,(H,23,26)/b18-14+,22-15+. The van der Waals surface area contributed by atoms with Crippen molar-refractivity contribution in [2.75, 3.05) is 32.7 Å². The van der Waals surface area contributed by atoms with E-state index in [2.05, 4.69) is 10.5 Å². The number of nitrogens with one attached hydrogen (secondary N) is 1. The molecule has 0 spiro atoms. The minimum atomic E-state index is -3.51. The van der Waals surface area contributed by atoms with Gasteiger partial charge in [-0.25, -0.2) is 13.8 Å². The van der Waals surface area contributed by atoms with Crippen molar-refractivity contribution in [2.45, 2.75) is 18.7 Å². The van der Waals surface area contributed by atoms with Crippen molar-refractivity contribution in [3.63, 3.8) is 0 Å². The van der Waals surface area contributed by atoms with Crippen molar-refractivity contribution in [1.82, 2.24) is 14.6 Å². The number of amides is 1. The van der Waals surface area contributed by atoms with Gasteiger partial charge in [0.25, 0.3) is 5.91 Å². The Kier molecular flexibility index (Phi) is 7.20. The Morgan fingerprint density at radius 2 is 1.87 bits per heavy atom. The number of sulfonamides is 1. The van der Waals surface area contributed by atoms with E-state index in [0.717, 1.165) is 11.1 Å². The number of allylic oxidation sites excluding steroid dienone is 1. The average molecular weight is 431 g/mol. The summed E-state index contributed by atoms with van der Waals surface area (Å²) in [7, 11) is -3.51. The van der Waals surface area contributed by atoms with Crippen molar-refractivity contribution in [1.29, 1.82) is 0 Å². The number of piperazine rings is 1. The molecule has 8 nitrogen and oxygen atoms in total. The van der Waals surface area contributed by atoms with Crippen LogP contribution in [0.2, 0.25) is 0 Å². The molecule has 2 heterocycles. The number of carbonyl (C=O) groups excluding carboxylic acids is 1. The molecule has 1 N–H and O–H groups in total. The van der Waals surface area contributed by atoms with Gasteiger partial charge < -0.3 is 4.42 Å². The van der Waals surface area contributed by atoms with Gasteiger partial charge >= 0.3 is 0 Å². The number of rotatable bonds is 7. The van der Waals surface area contributed by atoms with Gasteiger partial charge in [0.1, 0.15) is 5.76 Å². The topological polar surface area (TPSA) is 95.2 Å². The number of nitrogens with zero attached hydrogens (tertiary/aromatic N) is 3. The van der Waals surface area contributed by atoms with E-state index in [1.54, 1.807) is 42.8 Å². The van der Waals surface area contributed by atoms with E-state index >= 15 is 0 Å². The lowest BCUT2D eigenvalue weighted by molar-refractivity contribution is -0.122. The van der Waals surface area contributed by atoms with Crippen molar-refractivity contribution in [2.24, 2.45) is 5.10 Å². The SMILES string of the molecule is CC(/C=N/NC(=O)CN1CCN(S(=O)(=O)c2ccc(C)cc2)CC1)=C\c1ccco1. The maximum Gasteiger partial charge on any atom is 0.254 e. The van der Waals surface area contributed by atoms with E-state index < -0.39 is 10.0 Å². The smallest absolute Gasteiger partial charge is 0.254 e. The molecular weight excluding hydrogens is 404 g/mol. The summed E-state index contributed by atoms with van der Waals surface area (Å²) >= 11 is 0. The van der Waals surface area contributed by atoms with Gasteiger partial charge in [0.15, 0.2) is 0 Å². The molecule has 1 saturated heterocycles. The summed E-state index contributed by atoms with van der Waals surface area (Å²) in [4.78, 5) is 14.3. The third-order valence-corrected chi connectivity index (χ3v) is 6.64. The normalized spacial score (nSPS) is 16.8. The highest BCUT2D eigenvalue weighted by molar-refractivity contribution is 7.89. The Balaban J connectivity index is 1.45. The highest BCUT2D eigenvalue weighted by atomic mass is 32.2. The number of hydrogen-bond donors (Lipinski definition) is 1. The van der Waals surface area contributed by atoms with Crippen LogP contribution in [-0.4, -0.2) is 62.5 Å². The molecule has 0 atom stereocenters. The summed E-state index contributed by atoms with van der Waals surface area (Å²) in [6, 6.07) is 10.5. The second-order valence-electron chi connectivity index (χ2n) is 7.19. The zero-order chi connectivity index (χ0) is 21.6. The van der Waals surface area contributed by atoms with E-state index in [1.165, 1.54) is 4.31 Å². The average Bonchev–Trinajstić information content (AvgIpc) is 3.21. The van der Waals surface area contributed by atoms with Crippen molar-refractivity contribution >= 4 is 28.2 Å². The first-order valence-corrected chi connectivity index (χ1v) is 11.1. The molecule has 0 unspecified atom stereocenters. The molecule has 9 heteroatoms. The summed E-state index contributed by atoms with van der Waals surface area (Å²) in [5.41, 5.74) is 4.35. The number of carbonyl (C=O) groups is 1. The number of aryl methyl sites for hydroxylation is 1. The highest BCUT2D eigenvalue weighted by Gasteiger charge is 2.28. The summed E-state index contributed by atoms with van der Waals surface area (Å²) in [6.07, 6.45) is 4.94. The molecule has 0 aliphatic carbocycles. The first kappa shape index (κ1) is 21.9. The van der Waals surface area contributed by atoms with E-state index in [1.807, 2.05) is 30.9 Å². The molecule has 1 aromatic carbocycles. The third kappa shape index (κ3) is 5.88. The van der Waals surface area contributed by atoms with E-state index in [4.69, 9.17) is 4.42 Å². The van der Waals surface area contributed by atoms with E-state index in [9.17, 15) is 13.2 Å². The van der Waals surface area contributed by atoms with Crippen LogP contribution < -0.4 is 5.43 Å². The van der Waals surface area contributed by atoms with Crippen molar-refractivity contribution in [3.8, 4) is 0 Å². The van der Waals surface area contributed by atoms with Crippen molar-refractivity contribution < 1.29 is 17.6 Å². The first-order valence-electron chi connectivity index (χ1n) is 9.67. The number of benzene rings is 1.